The van der Waals surface area contributed by atoms with Crippen molar-refractivity contribution in [2.75, 3.05) is 7.11 Å². The highest BCUT2D eigenvalue weighted by molar-refractivity contribution is 7.90. The number of hydrogen-bond donors (Lipinski definition) is 0. The van der Waals surface area contributed by atoms with Crippen LogP contribution >= 0.6 is 0 Å². The highest BCUT2D eigenvalue weighted by atomic mass is 32.2. The number of fused-ring (bicyclic) bond motifs is 1. The van der Waals surface area contributed by atoms with Gasteiger partial charge in [-0.05, 0) is 31.2 Å². The first kappa shape index (κ1) is 16.0. The predicted octanol–water partition coefficient (Wildman–Crippen LogP) is 1.93. The van der Waals surface area contributed by atoms with Crippen LogP contribution in [0.1, 0.15) is 15.9 Å². The summed E-state index contributed by atoms with van der Waals surface area (Å²) in [5, 5.41) is -0.139. The number of ether oxygens (including phenoxy) is 1. The molecule has 0 aliphatic rings. The lowest BCUT2D eigenvalue weighted by Gasteiger charge is -2.05. The van der Waals surface area contributed by atoms with Crippen LogP contribution in [-0.4, -0.2) is 25.6 Å². The Hall–Kier alpha value is -2.87. The first-order valence-electron chi connectivity index (χ1n) is 6.92. The average Bonchev–Trinajstić information content (AvgIpc) is 2.92. The van der Waals surface area contributed by atoms with Gasteiger partial charge in [-0.2, -0.15) is 8.42 Å². The van der Waals surface area contributed by atoms with E-state index in [9.17, 15) is 18.0 Å². The summed E-state index contributed by atoms with van der Waals surface area (Å²) in [5.41, 5.74) is -0.118. The molecule has 0 bridgehead atoms. The second-order valence-corrected chi connectivity index (χ2v) is 6.87. The smallest absolute Gasteiger partial charge is 0.367 e. The van der Waals surface area contributed by atoms with Crippen molar-refractivity contribution in [1.82, 2.24) is 4.15 Å². The number of hydrogen-bond acceptors (Lipinski definition) is 6. The van der Waals surface area contributed by atoms with Gasteiger partial charge in [0.1, 0.15) is 10.9 Å². The van der Waals surface area contributed by atoms with Gasteiger partial charge in [-0.3, -0.25) is 0 Å². The maximum absolute atomic E-state index is 12.7. The molecule has 0 aliphatic carbocycles. The number of rotatable bonds is 3. The van der Waals surface area contributed by atoms with Crippen LogP contribution in [0.3, 0.4) is 0 Å². The quantitative estimate of drug-likeness (QED) is 0.672. The third-order valence-electron chi connectivity index (χ3n) is 3.55. The van der Waals surface area contributed by atoms with Gasteiger partial charge in [0.2, 0.25) is 0 Å². The lowest BCUT2D eigenvalue weighted by molar-refractivity contribution is 0.0603. The Morgan fingerprint density at radius 2 is 1.79 bits per heavy atom. The average molecular weight is 347 g/mol. The van der Waals surface area contributed by atoms with Crippen molar-refractivity contribution in [2.45, 2.75) is 11.8 Å². The molecule has 0 aliphatic heterocycles. The van der Waals surface area contributed by atoms with E-state index in [1.807, 2.05) is 6.92 Å². The molecule has 0 saturated carbocycles. The molecule has 0 spiro atoms. The van der Waals surface area contributed by atoms with E-state index in [2.05, 4.69) is 4.74 Å². The zero-order valence-electron chi connectivity index (χ0n) is 12.8. The van der Waals surface area contributed by atoms with E-state index in [0.717, 1.165) is 5.56 Å². The number of esters is 1. The standard InChI is InChI=1S/C16H13NO6S/c1-10-6-8-11(9-7-10)24(20,21)17-13-5-3-4-12(15(18)22-2)14(13)16(19)23-17/h3-9H,1-2H3. The molecule has 3 rings (SSSR count). The lowest BCUT2D eigenvalue weighted by atomic mass is 10.1. The van der Waals surface area contributed by atoms with Gasteiger partial charge in [0.05, 0.1) is 17.6 Å². The van der Waals surface area contributed by atoms with Gasteiger partial charge in [-0.15, -0.1) is 0 Å². The summed E-state index contributed by atoms with van der Waals surface area (Å²) in [5.74, 6) is -0.751. The number of aryl methyl sites for hydroxylation is 1. The molecule has 3 aromatic rings. The zero-order valence-corrected chi connectivity index (χ0v) is 13.7. The molecule has 8 heteroatoms. The SMILES string of the molecule is COC(=O)c1cccc2c1c(=O)on2S(=O)(=O)c1ccc(C)cc1. The van der Waals surface area contributed by atoms with Crippen molar-refractivity contribution in [3.63, 3.8) is 0 Å². The van der Waals surface area contributed by atoms with Crippen molar-refractivity contribution in [3.05, 3.63) is 64.0 Å². The van der Waals surface area contributed by atoms with Crippen LogP contribution in [0, 0.1) is 6.92 Å². The van der Waals surface area contributed by atoms with Crippen LogP contribution in [0.2, 0.25) is 0 Å². The number of aromatic nitrogens is 1. The van der Waals surface area contributed by atoms with Gasteiger partial charge in [0.15, 0.2) is 0 Å². The van der Waals surface area contributed by atoms with Crippen LogP contribution in [0.4, 0.5) is 0 Å². The van der Waals surface area contributed by atoms with Crippen LogP contribution in [-0.2, 0) is 14.8 Å². The fourth-order valence-electron chi connectivity index (χ4n) is 2.34. The molecule has 2 aromatic carbocycles. The van der Waals surface area contributed by atoms with Gasteiger partial charge in [0, 0.05) is 0 Å². The Labute approximate surface area is 137 Å². The summed E-state index contributed by atoms with van der Waals surface area (Å²) < 4.78 is 35.5. The first-order chi connectivity index (χ1) is 11.4. The van der Waals surface area contributed by atoms with E-state index >= 15 is 0 Å². The first-order valence-corrected chi connectivity index (χ1v) is 8.36. The van der Waals surface area contributed by atoms with Crippen LogP contribution in [0.15, 0.2) is 56.7 Å². The molecule has 0 radical (unpaired) electrons. The molecule has 0 unspecified atom stereocenters. The fourth-order valence-corrected chi connectivity index (χ4v) is 3.59. The summed E-state index contributed by atoms with van der Waals surface area (Å²) in [4.78, 5) is 23.9. The van der Waals surface area contributed by atoms with Crippen LogP contribution in [0.25, 0.3) is 10.9 Å². The number of methoxy groups -OCH3 is 1. The lowest BCUT2D eigenvalue weighted by Crippen LogP contribution is -2.12. The molecule has 0 atom stereocenters. The van der Waals surface area contributed by atoms with Crippen LogP contribution in [0.5, 0.6) is 0 Å². The van der Waals surface area contributed by atoms with Gasteiger partial charge < -0.3 is 9.26 Å². The van der Waals surface area contributed by atoms with E-state index in [1.54, 1.807) is 12.1 Å². The van der Waals surface area contributed by atoms with Crippen molar-refractivity contribution in [1.29, 1.82) is 0 Å². The largest absolute Gasteiger partial charge is 0.465 e. The predicted molar refractivity (Wildman–Crippen MR) is 85.6 cm³/mol. The van der Waals surface area contributed by atoms with Gasteiger partial charge >= 0.3 is 11.6 Å². The molecule has 0 saturated heterocycles. The third-order valence-corrected chi connectivity index (χ3v) is 5.13. The van der Waals surface area contributed by atoms with Gasteiger partial charge in [-0.1, -0.05) is 27.9 Å². The highest BCUT2D eigenvalue weighted by Crippen LogP contribution is 2.22. The maximum atomic E-state index is 12.7. The molecular formula is C16H13NO6S. The van der Waals surface area contributed by atoms with E-state index in [4.69, 9.17) is 4.52 Å². The van der Waals surface area contributed by atoms with E-state index in [0.29, 0.717) is 4.15 Å². The normalized spacial score (nSPS) is 11.6. The molecule has 0 amide bonds. The van der Waals surface area contributed by atoms with Crippen molar-refractivity contribution in [2.24, 2.45) is 0 Å². The minimum atomic E-state index is -4.11. The monoisotopic (exact) mass is 347 g/mol. The topological polar surface area (TPSA) is 95.6 Å². The minimum absolute atomic E-state index is 0.0246. The molecule has 0 N–H and O–H groups in total. The summed E-state index contributed by atoms with van der Waals surface area (Å²) >= 11 is 0. The third kappa shape index (κ3) is 2.41. The van der Waals surface area contributed by atoms with Crippen molar-refractivity contribution < 1.29 is 22.5 Å². The Kier molecular flexibility index (Phi) is 3.76. The Balaban J connectivity index is 2.30. The Morgan fingerprint density at radius 1 is 1.12 bits per heavy atom. The molecule has 1 heterocycles. The van der Waals surface area contributed by atoms with Crippen LogP contribution < -0.4 is 5.63 Å². The highest BCUT2D eigenvalue weighted by Gasteiger charge is 2.26. The number of benzene rings is 2. The molecule has 7 nitrogen and oxygen atoms in total. The molecule has 124 valence electrons. The minimum Gasteiger partial charge on any atom is -0.465 e. The second-order valence-electron chi connectivity index (χ2n) is 5.12. The van der Waals surface area contributed by atoms with E-state index < -0.39 is 21.6 Å². The molecule has 1 aromatic heterocycles. The summed E-state index contributed by atoms with van der Waals surface area (Å²) in [7, 11) is -2.94. The summed E-state index contributed by atoms with van der Waals surface area (Å²) in [6, 6.07) is 10.3. The number of carbonyl (C=O) groups is 1. The van der Waals surface area contributed by atoms with Gasteiger partial charge in [0.25, 0.3) is 10.0 Å². The van der Waals surface area contributed by atoms with E-state index in [-0.39, 0.29) is 21.4 Å². The summed E-state index contributed by atoms with van der Waals surface area (Å²) in [6.45, 7) is 1.82. The number of nitrogens with zero attached hydrogens (tertiary/aromatic N) is 1. The van der Waals surface area contributed by atoms with Crippen molar-refractivity contribution in [3.8, 4) is 0 Å². The molecular weight excluding hydrogens is 334 g/mol. The fraction of sp³-hybridized carbons (Fsp3) is 0.125. The molecule has 0 fully saturated rings. The van der Waals surface area contributed by atoms with E-state index in [1.165, 1.54) is 37.4 Å². The zero-order chi connectivity index (χ0) is 17.5. The second kappa shape index (κ2) is 5.64. The molecule has 24 heavy (non-hydrogen) atoms. The number of carbonyl (C=O) groups excluding carboxylic acids is 1. The Morgan fingerprint density at radius 3 is 2.42 bits per heavy atom. The van der Waals surface area contributed by atoms with Crippen molar-refractivity contribution >= 4 is 26.9 Å². The Bertz CT molecular complexity index is 1090. The summed E-state index contributed by atoms with van der Waals surface area (Å²) in [6.07, 6.45) is 0. The van der Waals surface area contributed by atoms with Gasteiger partial charge in [-0.25, -0.2) is 9.59 Å². The maximum Gasteiger partial charge on any atom is 0.367 e.